The molecule has 1 saturated heterocycles. The van der Waals surface area contributed by atoms with E-state index < -0.39 is 18.0 Å². The van der Waals surface area contributed by atoms with Crippen LogP contribution in [0, 0.1) is 17.7 Å². The molecule has 2 aromatic carbocycles. The summed E-state index contributed by atoms with van der Waals surface area (Å²) in [6.45, 7) is 0.678. The Balaban J connectivity index is 1.15. The minimum atomic E-state index is -1.15. The summed E-state index contributed by atoms with van der Waals surface area (Å²) in [5.41, 5.74) is 1.33. The van der Waals surface area contributed by atoms with Crippen LogP contribution < -0.4 is 5.32 Å². The maximum absolute atomic E-state index is 15.1. The normalized spacial score (nSPS) is 22.9. The van der Waals surface area contributed by atoms with E-state index >= 15 is 4.39 Å². The first-order chi connectivity index (χ1) is 19.3. The minimum Gasteiger partial charge on any atom is -0.469 e. The molecule has 3 aromatic rings. The van der Waals surface area contributed by atoms with E-state index in [0.717, 1.165) is 35.9 Å². The molecule has 40 heavy (non-hydrogen) atoms. The number of carbonyl (C=O) groups excluding carboxylic acids is 2. The number of methoxy groups -OCH3 is 1. The van der Waals surface area contributed by atoms with E-state index in [-0.39, 0.29) is 54.4 Å². The van der Waals surface area contributed by atoms with Crippen molar-refractivity contribution in [1.29, 1.82) is 0 Å². The standard InChI is InChI=1S/C29H32ClF2N3O4S/c1-38-28(37)18-8-6-17(7-9-18)15-39-16-21-12-20(31)14-35(21)27(36)11-19-10-22(30)25(13-23(19)32)34-29-33-24-4-2-3-5-26(24)40-29/h2-5,10,13,17-18,20-21H,6-9,11-12,14-16H2,1H3,(H,33,34)/t17?,18?,20-,21-/m0/s1. The Morgan fingerprint density at radius 1 is 1.18 bits per heavy atom. The molecule has 2 atom stereocenters. The molecule has 1 saturated carbocycles. The molecule has 214 valence electrons. The molecule has 1 aromatic heterocycles. The number of ether oxygens (including phenoxy) is 2. The van der Waals surface area contributed by atoms with Crippen molar-refractivity contribution in [3.05, 3.63) is 52.8 Å². The highest BCUT2D eigenvalue weighted by Gasteiger charge is 2.36. The maximum atomic E-state index is 15.1. The summed E-state index contributed by atoms with van der Waals surface area (Å²) in [6, 6.07) is 9.94. The van der Waals surface area contributed by atoms with Gasteiger partial charge in [0.2, 0.25) is 5.91 Å². The average Bonchev–Trinajstić information content (AvgIpc) is 3.53. The molecule has 11 heteroatoms. The summed E-state index contributed by atoms with van der Waals surface area (Å²) in [5, 5.41) is 3.90. The summed E-state index contributed by atoms with van der Waals surface area (Å²) < 4.78 is 41.1. The number of carbonyl (C=O) groups is 2. The van der Waals surface area contributed by atoms with Crippen LogP contribution >= 0.6 is 22.9 Å². The number of benzene rings is 2. The zero-order valence-corrected chi connectivity index (χ0v) is 23.8. The zero-order chi connectivity index (χ0) is 28.2. The second-order valence-corrected chi connectivity index (χ2v) is 12.0. The first-order valence-corrected chi connectivity index (χ1v) is 14.7. The Hall–Kier alpha value is -2.82. The molecule has 2 fully saturated rings. The highest BCUT2D eigenvalue weighted by atomic mass is 35.5. The topological polar surface area (TPSA) is 80.8 Å². The molecule has 2 heterocycles. The van der Waals surface area contributed by atoms with Crippen LogP contribution in [0.25, 0.3) is 10.2 Å². The summed E-state index contributed by atoms with van der Waals surface area (Å²) in [5.74, 6) is -0.839. The van der Waals surface area contributed by atoms with Gasteiger partial charge in [-0.25, -0.2) is 13.8 Å². The SMILES string of the molecule is COC(=O)C1CCC(COC[C@@H]2C[C@H](F)CN2C(=O)Cc2cc(Cl)c(Nc3nc4ccccc4s3)cc2F)CC1. The Kier molecular flexibility index (Phi) is 9.17. The van der Waals surface area contributed by atoms with Gasteiger partial charge in [-0.15, -0.1) is 0 Å². The van der Waals surface area contributed by atoms with Gasteiger partial charge >= 0.3 is 5.97 Å². The van der Waals surface area contributed by atoms with E-state index in [9.17, 15) is 14.0 Å². The zero-order valence-electron chi connectivity index (χ0n) is 22.2. The molecule has 1 amide bonds. The van der Waals surface area contributed by atoms with Crippen LogP contribution in [0.3, 0.4) is 0 Å². The number of para-hydroxylation sites is 1. The van der Waals surface area contributed by atoms with Gasteiger partial charge in [0.15, 0.2) is 5.13 Å². The van der Waals surface area contributed by atoms with Crippen molar-refractivity contribution >= 4 is 55.8 Å². The quantitative estimate of drug-likeness (QED) is 0.294. The van der Waals surface area contributed by atoms with Crippen molar-refractivity contribution in [2.45, 2.75) is 50.7 Å². The number of amides is 1. The van der Waals surface area contributed by atoms with Gasteiger partial charge in [0.05, 0.1) is 59.6 Å². The Bertz CT molecular complexity index is 1330. The third kappa shape index (κ3) is 6.72. The molecule has 7 nitrogen and oxygen atoms in total. The summed E-state index contributed by atoms with van der Waals surface area (Å²) >= 11 is 7.87. The number of hydrogen-bond donors (Lipinski definition) is 1. The van der Waals surface area contributed by atoms with Gasteiger partial charge in [0, 0.05) is 13.0 Å². The van der Waals surface area contributed by atoms with Crippen LogP contribution in [0.15, 0.2) is 36.4 Å². The predicted octanol–water partition coefficient (Wildman–Crippen LogP) is 6.31. The first-order valence-electron chi connectivity index (χ1n) is 13.5. The van der Waals surface area contributed by atoms with E-state index in [0.29, 0.717) is 23.3 Å². The number of aromatic nitrogens is 1. The lowest BCUT2D eigenvalue weighted by atomic mass is 9.82. The van der Waals surface area contributed by atoms with E-state index in [2.05, 4.69) is 10.3 Å². The highest BCUT2D eigenvalue weighted by Crippen LogP contribution is 2.34. The number of fused-ring (bicyclic) bond motifs is 1. The van der Waals surface area contributed by atoms with Crippen molar-refractivity contribution in [3.63, 3.8) is 0 Å². The number of likely N-dealkylation sites (tertiary alicyclic amines) is 1. The van der Waals surface area contributed by atoms with Crippen LogP contribution in [0.4, 0.5) is 19.6 Å². The van der Waals surface area contributed by atoms with Crippen LogP contribution in [0.1, 0.15) is 37.7 Å². The number of esters is 1. The molecule has 2 aliphatic rings. The smallest absolute Gasteiger partial charge is 0.308 e. The molecule has 1 aliphatic carbocycles. The first kappa shape index (κ1) is 28.7. The third-order valence-electron chi connectivity index (χ3n) is 7.74. The molecule has 0 radical (unpaired) electrons. The summed E-state index contributed by atoms with van der Waals surface area (Å²) in [4.78, 5) is 30.8. The molecular formula is C29H32ClF2N3O4S. The number of halogens is 3. The lowest BCUT2D eigenvalue weighted by Gasteiger charge is -2.28. The molecule has 1 aliphatic heterocycles. The Labute approximate surface area is 240 Å². The molecule has 0 bridgehead atoms. The number of alkyl halides is 1. The Morgan fingerprint density at radius 2 is 1.95 bits per heavy atom. The number of nitrogens with zero attached hydrogens (tertiary/aromatic N) is 2. The Morgan fingerprint density at radius 3 is 2.70 bits per heavy atom. The fraction of sp³-hybridized carbons (Fsp3) is 0.483. The fourth-order valence-corrected chi connectivity index (χ4v) is 6.66. The van der Waals surface area contributed by atoms with Gasteiger partial charge in [0.25, 0.3) is 0 Å². The van der Waals surface area contributed by atoms with Crippen LogP contribution in [0.2, 0.25) is 5.02 Å². The highest BCUT2D eigenvalue weighted by molar-refractivity contribution is 7.22. The van der Waals surface area contributed by atoms with E-state index in [1.807, 2.05) is 24.3 Å². The molecule has 5 rings (SSSR count). The van der Waals surface area contributed by atoms with Gasteiger partial charge in [-0.2, -0.15) is 0 Å². The van der Waals surface area contributed by atoms with E-state index in [1.54, 1.807) is 0 Å². The second kappa shape index (κ2) is 12.8. The number of thiazole rings is 1. The van der Waals surface area contributed by atoms with Gasteiger partial charge < -0.3 is 19.7 Å². The molecular weight excluding hydrogens is 560 g/mol. The number of hydrogen-bond acceptors (Lipinski definition) is 7. The number of nitrogens with one attached hydrogen (secondary N) is 1. The van der Waals surface area contributed by atoms with Crippen molar-refractivity contribution in [2.75, 3.05) is 32.2 Å². The summed E-state index contributed by atoms with van der Waals surface area (Å²) in [7, 11) is 1.41. The van der Waals surface area contributed by atoms with Crippen molar-refractivity contribution in [2.24, 2.45) is 11.8 Å². The van der Waals surface area contributed by atoms with Crippen molar-refractivity contribution < 1.29 is 27.8 Å². The predicted molar refractivity (Wildman–Crippen MR) is 151 cm³/mol. The van der Waals surface area contributed by atoms with Crippen LogP contribution in [-0.2, 0) is 25.5 Å². The third-order valence-corrected chi connectivity index (χ3v) is 9.01. The molecule has 1 N–H and O–H groups in total. The lowest BCUT2D eigenvalue weighted by molar-refractivity contribution is -0.147. The van der Waals surface area contributed by atoms with Gasteiger partial charge in [-0.1, -0.05) is 35.1 Å². The van der Waals surface area contributed by atoms with E-state index in [4.69, 9.17) is 21.1 Å². The molecule has 0 spiro atoms. The van der Waals surface area contributed by atoms with Crippen LogP contribution in [0.5, 0.6) is 0 Å². The second-order valence-electron chi connectivity index (χ2n) is 10.5. The average molecular weight is 592 g/mol. The molecule has 0 unspecified atom stereocenters. The minimum absolute atomic E-state index is 0.0380. The van der Waals surface area contributed by atoms with Crippen molar-refractivity contribution in [3.8, 4) is 0 Å². The van der Waals surface area contributed by atoms with Crippen molar-refractivity contribution in [1.82, 2.24) is 9.88 Å². The largest absolute Gasteiger partial charge is 0.469 e. The lowest BCUT2D eigenvalue weighted by Crippen LogP contribution is -2.40. The van der Waals surface area contributed by atoms with Gasteiger partial charge in [-0.3, -0.25) is 9.59 Å². The number of rotatable bonds is 9. The van der Waals surface area contributed by atoms with Gasteiger partial charge in [-0.05, 0) is 61.4 Å². The monoisotopic (exact) mass is 591 g/mol. The fourth-order valence-electron chi connectivity index (χ4n) is 5.55. The van der Waals surface area contributed by atoms with Crippen LogP contribution in [-0.4, -0.2) is 60.8 Å². The van der Waals surface area contributed by atoms with Gasteiger partial charge in [0.1, 0.15) is 12.0 Å². The number of anilines is 2. The maximum Gasteiger partial charge on any atom is 0.308 e. The van der Waals surface area contributed by atoms with E-state index in [1.165, 1.54) is 35.5 Å². The summed E-state index contributed by atoms with van der Waals surface area (Å²) in [6.07, 6.45) is 2.07.